The van der Waals surface area contributed by atoms with Gasteiger partial charge < -0.3 is 15.2 Å². The number of ether oxygens (including phenoxy) is 1. The number of anilines is 1. The molecule has 0 saturated carbocycles. The monoisotopic (exact) mass is 254 g/mol. The number of nitrogens with one attached hydrogen (secondary N) is 1. The molecule has 0 aliphatic carbocycles. The maximum absolute atomic E-state index is 10.9. The molecule has 0 spiro atoms. The molecule has 0 aliphatic heterocycles. The van der Waals surface area contributed by atoms with Gasteiger partial charge in [0.2, 0.25) is 0 Å². The van der Waals surface area contributed by atoms with Crippen LogP contribution >= 0.6 is 0 Å². The number of hydrogen-bond donors (Lipinski definition) is 2. The number of nitro groups is 1. The number of aliphatic carboxylic acids is 1. The van der Waals surface area contributed by atoms with Gasteiger partial charge in [0.25, 0.3) is 5.69 Å². The van der Waals surface area contributed by atoms with E-state index in [1.54, 1.807) is 13.0 Å². The maximum atomic E-state index is 10.9. The molecule has 18 heavy (non-hydrogen) atoms. The Bertz CT molecular complexity index is 461. The van der Waals surface area contributed by atoms with Crippen LogP contribution in [0.25, 0.3) is 0 Å². The van der Waals surface area contributed by atoms with Crippen molar-refractivity contribution in [3.8, 4) is 0 Å². The summed E-state index contributed by atoms with van der Waals surface area (Å²) in [4.78, 5) is 21.2. The molecule has 7 nitrogen and oxygen atoms in total. The number of aryl methyl sites for hydroxylation is 1. The molecule has 1 aromatic carbocycles. The average Bonchev–Trinajstić information content (AvgIpc) is 2.28. The zero-order chi connectivity index (χ0) is 13.7. The molecule has 2 N–H and O–H groups in total. The van der Waals surface area contributed by atoms with E-state index in [0.717, 1.165) is 5.56 Å². The molecule has 0 radical (unpaired) electrons. The fourth-order valence-electron chi connectivity index (χ4n) is 1.45. The van der Waals surface area contributed by atoms with Crippen LogP contribution < -0.4 is 5.32 Å². The van der Waals surface area contributed by atoms with Crippen LogP contribution in [0.3, 0.4) is 0 Å². The third kappa shape index (κ3) is 3.42. The zero-order valence-electron chi connectivity index (χ0n) is 10.0. The molecule has 1 rings (SSSR count). The molecular weight excluding hydrogens is 240 g/mol. The Morgan fingerprint density at radius 2 is 2.28 bits per heavy atom. The number of carboxylic acids is 1. The molecule has 0 heterocycles. The van der Waals surface area contributed by atoms with Crippen molar-refractivity contribution in [3.63, 3.8) is 0 Å². The second-order valence-electron chi connectivity index (χ2n) is 3.77. The van der Waals surface area contributed by atoms with Gasteiger partial charge in [-0.15, -0.1) is 0 Å². The lowest BCUT2D eigenvalue weighted by atomic mass is 10.1. The summed E-state index contributed by atoms with van der Waals surface area (Å²) < 4.78 is 4.75. The van der Waals surface area contributed by atoms with Gasteiger partial charge >= 0.3 is 5.97 Å². The van der Waals surface area contributed by atoms with Crippen LogP contribution in [0.2, 0.25) is 0 Å². The van der Waals surface area contributed by atoms with E-state index in [-0.39, 0.29) is 18.0 Å². The molecule has 0 amide bonds. The van der Waals surface area contributed by atoms with E-state index in [4.69, 9.17) is 9.84 Å². The third-order valence-corrected chi connectivity index (χ3v) is 2.31. The van der Waals surface area contributed by atoms with Crippen LogP contribution in [0.1, 0.15) is 5.56 Å². The summed E-state index contributed by atoms with van der Waals surface area (Å²) in [6.45, 7) is 1.68. The molecule has 0 aliphatic rings. The van der Waals surface area contributed by atoms with Crippen molar-refractivity contribution in [1.29, 1.82) is 0 Å². The maximum Gasteiger partial charge on any atom is 0.328 e. The molecular formula is C11H14N2O5. The minimum Gasteiger partial charge on any atom is -0.480 e. The van der Waals surface area contributed by atoms with Gasteiger partial charge in [-0.3, -0.25) is 10.1 Å². The lowest BCUT2D eigenvalue weighted by Gasteiger charge is -2.15. The molecule has 1 aromatic rings. The first-order chi connectivity index (χ1) is 8.45. The second-order valence-corrected chi connectivity index (χ2v) is 3.77. The molecule has 7 heteroatoms. The van der Waals surface area contributed by atoms with E-state index < -0.39 is 16.9 Å². The minimum absolute atomic E-state index is 0.0829. The van der Waals surface area contributed by atoms with Crippen LogP contribution in [0.4, 0.5) is 11.4 Å². The minimum atomic E-state index is -1.13. The Labute approximate surface area is 104 Å². The Balaban J connectivity index is 3.03. The van der Waals surface area contributed by atoms with Crippen molar-refractivity contribution in [2.75, 3.05) is 19.0 Å². The number of carboxylic acid groups (broad SMARTS) is 1. The number of benzene rings is 1. The van der Waals surface area contributed by atoms with Gasteiger partial charge in [0.15, 0.2) is 0 Å². The van der Waals surface area contributed by atoms with Crippen molar-refractivity contribution in [1.82, 2.24) is 0 Å². The van der Waals surface area contributed by atoms with Gasteiger partial charge in [0, 0.05) is 13.2 Å². The molecule has 0 bridgehead atoms. The SMILES string of the molecule is COCC(Nc1cc(C)ccc1[N+](=O)[O-])C(=O)O. The summed E-state index contributed by atoms with van der Waals surface area (Å²) in [5.41, 5.74) is 0.803. The molecule has 0 saturated heterocycles. The summed E-state index contributed by atoms with van der Waals surface area (Å²) in [5.74, 6) is -1.13. The number of rotatable bonds is 6. The Kier molecular flexibility index (Phi) is 4.61. The van der Waals surface area contributed by atoms with E-state index in [0.29, 0.717) is 0 Å². The van der Waals surface area contributed by atoms with Gasteiger partial charge in [-0.25, -0.2) is 4.79 Å². The first-order valence-electron chi connectivity index (χ1n) is 5.19. The van der Waals surface area contributed by atoms with E-state index in [1.165, 1.54) is 19.2 Å². The van der Waals surface area contributed by atoms with Gasteiger partial charge in [-0.1, -0.05) is 6.07 Å². The van der Waals surface area contributed by atoms with Gasteiger partial charge in [0.1, 0.15) is 11.7 Å². The molecule has 1 unspecified atom stereocenters. The van der Waals surface area contributed by atoms with Crippen molar-refractivity contribution in [3.05, 3.63) is 33.9 Å². The first kappa shape index (κ1) is 13.9. The highest BCUT2D eigenvalue weighted by atomic mass is 16.6. The standard InChI is InChI=1S/C11H14N2O5/c1-7-3-4-10(13(16)17)8(5-7)12-9(6-18-2)11(14)15/h3-5,9,12H,6H2,1-2H3,(H,14,15). The number of carbonyl (C=O) groups is 1. The zero-order valence-corrected chi connectivity index (χ0v) is 10.0. The topological polar surface area (TPSA) is 102 Å². The summed E-state index contributed by atoms with van der Waals surface area (Å²) in [7, 11) is 1.36. The highest BCUT2D eigenvalue weighted by Gasteiger charge is 2.21. The number of nitro benzene ring substituents is 1. The van der Waals surface area contributed by atoms with Gasteiger partial charge in [-0.05, 0) is 18.6 Å². The Morgan fingerprint density at radius 3 is 2.78 bits per heavy atom. The lowest BCUT2D eigenvalue weighted by molar-refractivity contribution is -0.384. The fraction of sp³-hybridized carbons (Fsp3) is 0.364. The highest BCUT2D eigenvalue weighted by molar-refractivity contribution is 5.79. The predicted octanol–water partition coefficient (Wildman–Crippen LogP) is 1.41. The van der Waals surface area contributed by atoms with Gasteiger partial charge in [-0.2, -0.15) is 0 Å². The molecule has 1 atom stereocenters. The number of hydrogen-bond acceptors (Lipinski definition) is 5. The van der Waals surface area contributed by atoms with Gasteiger partial charge in [0.05, 0.1) is 11.5 Å². The largest absolute Gasteiger partial charge is 0.480 e. The third-order valence-electron chi connectivity index (χ3n) is 2.31. The van der Waals surface area contributed by atoms with Crippen LogP contribution in [-0.4, -0.2) is 35.8 Å². The summed E-state index contributed by atoms with van der Waals surface area (Å²) in [6.07, 6.45) is 0. The second kappa shape index (κ2) is 5.97. The molecule has 98 valence electrons. The van der Waals surface area contributed by atoms with Crippen LogP contribution in [0.5, 0.6) is 0 Å². The predicted molar refractivity (Wildman–Crippen MR) is 64.8 cm³/mol. The normalized spacial score (nSPS) is 11.9. The van der Waals surface area contributed by atoms with Crippen molar-refractivity contribution in [2.45, 2.75) is 13.0 Å². The summed E-state index contributed by atoms with van der Waals surface area (Å²) >= 11 is 0. The van der Waals surface area contributed by atoms with Crippen molar-refractivity contribution in [2.24, 2.45) is 0 Å². The summed E-state index contributed by atoms with van der Waals surface area (Å²) in [6, 6.07) is 3.43. The fourth-order valence-corrected chi connectivity index (χ4v) is 1.45. The Morgan fingerprint density at radius 1 is 1.61 bits per heavy atom. The summed E-state index contributed by atoms with van der Waals surface area (Å²) in [5, 5.41) is 22.4. The van der Waals surface area contributed by atoms with Crippen molar-refractivity contribution >= 4 is 17.3 Å². The van der Waals surface area contributed by atoms with Crippen LogP contribution in [0, 0.1) is 17.0 Å². The molecule has 0 aromatic heterocycles. The quantitative estimate of drug-likeness (QED) is 0.588. The number of nitrogens with zero attached hydrogens (tertiary/aromatic N) is 1. The Hall–Kier alpha value is -2.15. The van der Waals surface area contributed by atoms with E-state index in [9.17, 15) is 14.9 Å². The first-order valence-corrected chi connectivity index (χ1v) is 5.19. The van der Waals surface area contributed by atoms with Crippen LogP contribution in [-0.2, 0) is 9.53 Å². The van der Waals surface area contributed by atoms with Crippen LogP contribution in [0.15, 0.2) is 18.2 Å². The van der Waals surface area contributed by atoms with Crippen molar-refractivity contribution < 1.29 is 19.6 Å². The lowest BCUT2D eigenvalue weighted by Crippen LogP contribution is -2.33. The average molecular weight is 254 g/mol. The smallest absolute Gasteiger partial charge is 0.328 e. The van der Waals surface area contributed by atoms with E-state index in [1.807, 2.05) is 0 Å². The molecule has 0 fully saturated rings. The number of methoxy groups -OCH3 is 1. The van der Waals surface area contributed by atoms with E-state index in [2.05, 4.69) is 5.32 Å². The highest BCUT2D eigenvalue weighted by Crippen LogP contribution is 2.25. The van der Waals surface area contributed by atoms with E-state index >= 15 is 0 Å².